The van der Waals surface area contributed by atoms with E-state index in [9.17, 15) is 27.2 Å². The van der Waals surface area contributed by atoms with Gasteiger partial charge in [0.05, 0.1) is 17.6 Å². The molecule has 184 valence electrons. The number of rotatable bonds is 6. The summed E-state index contributed by atoms with van der Waals surface area (Å²) in [7, 11) is 0. The van der Waals surface area contributed by atoms with Crippen LogP contribution in [-0.2, 0) is 16.2 Å². The fourth-order valence-electron chi connectivity index (χ4n) is 3.08. The van der Waals surface area contributed by atoms with Crippen LogP contribution in [0, 0.1) is 5.82 Å². The Hall–Kier alpha value is -4.67. The Morgan fingerprint density at radius 2 is 1.58 bits per heavy atom. The number of ether oxygens (including phenoxy) is 1. The van der Waals surface area contributed by atoms with E-state index in [1.165, 1.54) is 24.3 Å². The quantitative estimate of drug-likeness (QED) is 0.281. The topological polar surface area (TPSA) is 84.5 Å². The van der Waals surface area contributed by atoms with Crippen molar-refractivity contribution >= 4 is 17.6 Å². The van der Waals surface area contributed by atoms with Crippen LogP contribution in [0.2, 0.25) is 0 Å². The maximum absolute atomic E-state index is 13.3. The van der Waals surface area contributed by atoms with Crippen molar-refractivity contribution in [2.75, 3.05) is 5.06 Å². The molecule has 4 rings (SSSR count). The fraction of sp³-hybridized carbons (Fsp3) is 0.0800. The van der Waals surface area contributed by atoms with Gasteiger partial charge >= 0.3 is 12.1 Å². The first-order valence-corrected chi connectivity index (χ1v) is 10.4. The minimum Gasteiger partial charge on any atom is -0.486 e. The van der Waals surface area contributed by atoms with Gasteiger partial charge in [-0.2, -0.15) is 13.2 Å². The molecule has 0 aliphatic carbocycles. The number of hydroxylamine groups is 1. The molecular weight excluding hydrogens is 482 g/mol. The average Bonchev–Trinajstić information content (AvgIpc) is 3.35. The van der Waals surface area contributed by atoms with Crippen LogP contribution in [0.1, 0.15) is 16.2 Å². The third-order valence-electron chi connectivity index (χ3n) is 4.84. The van der Waals surface area contributed by atoms with Gasteiger partial charge in [0.15, 0.2) is 0 Å². The van der Waals surface area contributed by atoms with Gasteiger partial charge < -0.3 is 14.6 Å². The third-order valence-corrected chi connectivity index (χ3v) is 4.84. The van der Waals surface area contributed by atoms with E-state index in [1.54, 1.807) is 18.3 Å². The first-order chi connectivity index (χ1) is 17.2. The summed E-state index contributed by atoms with van der Waals surface area (Å²) in [4.78, 5) is 36.0. The van der Waals surface area contributed by atoms with Crippen LogP contribution in [0.4, 0.5) is 23.2 Å². The summed E-state index contributed by atoms with van der Waals surface area (Å²) >= 11 is 0. The zero-order chi connectivity index (χ0) is 25.7. The molecule has 0 unspecified atom stereocenters. The molecule has 0 saturated carbocycles. The van der Waals surface area contributed by atoms with E-state index in [1.807, 2.05) is 18.2 Å². The summed E-state index contributed by atoms with van der Waals surface area (Å²) in [6, 6.07) is 18.8. The lowest BCUT2D eigenvalue weighted by Crippen LogP contribution is -2.38. The molecule has 0 bridgehead atoms. The zero-order valence-electron chi connectivity index (χ0n) is 18.3. The highest BCUT2D eigenvalue weighted by Gasteiger charge is 2.43. The first-order valence-electron chi connectivity index (χ1n) is 10.4. The summed E-state index contributed by atoms with van der Waals surface area (Å²) in [5, 5.41) is 0.166. The summed E-state index contributed by atoms with van der Waals surface area (Å²) in [6.07, 6.45) is -3.78. The maximum atomic E-state index is 13.3. The molecule has 3 aromatic carbocycles. The standard InChI is InChI=1S/C25H17F4N3O4/c26-18-10-12-19(13-11-18)32(36-24(34)25(27,28)29)23(33)17-8-6-16(7-9-17)21-14-30-22(31-21)15-35-20-4-2-1-3-5-20/h1-14H,15H2,(H,30,31). The molecule has 0 atom stereocenters. The van der Waals surface area contributed by atoms with Crippen LogP contribution in [0.3, 0.4) is 0 Å². The molecule has 0 radical (unpaired) electrons. The number of hydrogen-bond donors (Lipinski definition) is 1. The number of para-hydroxylation sites is 1. The van der Waals surface area contributed by atoms with Crippen molar-refractivity contribution in [3.63, 3.8) is 0 Å². The highest BCUT2D eigenvalue weighted by Crippen LogP contribution is 2.25. The number of carbonyl (C=O) groups excluding carboxylic acids is 2. The fourth-order valence-corrected chi connectivity index (χ4v) is 3.08. The number of H-pyrrole nitrogens is 1. The number of carbonyl (C=O) groups is 2. The first kappa shape index (κ1) is 24.5. The van der Waals surface area contributed by atoms with Gasteiger partial charge in [0.2, 0.25) is 0 Å². The number of alkyl halides is 3. The molecule has 36 heavy (non-hydrogen) atoms. The van der Waals surface area contributed by atoms with Crippen LogP contribution in [0.15, 0.2) is 85.1 Å². The molecule has 0 aliphatic heterocycles. The minimum absolute atomic E-state index is 0.0785. The van der Waals surface area contributed by atoms with Crippen molar-refractivity contribution in [3.05, 3.63) is 102 Å². The lowest BCUT2D eigenvalue weighted by molar-refractivity contribution is -0.199. The van der Waals surface area contributed by atoms with Gasteiger partial charge in [-0.3, -0.25) is 4.79 Å². The normalized spacial score (nSPS) is 11.1. The van der Waals surface area contributed by atoms with E-state index < -0.39 is 23.9 Å². The van der Waals surface area contributed by atoms with Crippen LogP contribution in [0.5, 0.6) is 5.75 Å². The van der Waals surface area contributed by atoms with Crippen LogP contribution < -0.4 is 9.80 Å². The third kappa shape index (κ3) is 5.87. The van der Waals surface area contributed by atoms with Gasteiger partial charge in [0.25, 0.3) is 5.91 Å². The summed E-state index contributed by atoms with van der Waals surface area (Å²) in [5.74, 6) is -3.12. The Kier molecular flexibility index (Phi) is 7.00. The monoisotopic (exact) mass is 499 g/mol. The highest BCUT2D eigenvalue weighted by molar-refractivity contribution is 6.06. The van der Waals surface area contributed by atoms with E-state index in [-0.39, 0.29) is 22.9 Å². The number of nitrogens with one attached hydrogen (secondary N) is 1. The van der Waals surface area contributed by atoms with Crippen LogP contribution in [-0.4, -0.2) is 28.0 Å². The van der Waals surface area contributed by atoms with Gasteiger partial charge in [-0.25, -0.2) is 14.2 Å². The summed E-state index contributed by atoms with van der Waals surface area (Å²) in [6.45, 7) is 0.192. The minimum atomic E-state index is -5.34. The number of nitrogens with zero attached hydrogens (tertiary/aromatic N) is 2. The summed E-state index contributed by atoms with van der Waals surface area (Å²) in [5.41, 5.74) is 0.898. The van der Waals surface area contributed by atoms with Gasteiger partial charge in [0.1, 0.15) is 24.0 Å². The molecule has 1 aromatic heterocycles. The van der Waals surface area contributed by atoms with Crippen molar-refractivity contribution in [1.82, 2.24) is 9.97 Å². The van der Waals surface area contributed by atoms with Crippen molar-refractivity contribution < 1.29 is 36.7 Å². The van der Waals surface area contributed by atoms with E-state index in [0.717, 1.165) is 24.3 Å². The van der Waals surface area contributed by atoms with Crippen molar-refractivity contribution in [1.29, 1.82) is 0 Å². The second-order valence-corrected chi connectivity index (χ2v) is 7.38. The lowest BCUT2D eigenvalue weighted by atomic mass is 10.1. The predicted octanol–water partition coefficient (Wildman–Crippen LogP) is 5.46. The SMILES string of the molecule is O=C(c1ccc(-c2cnc(COc3ccccc3)[nH]2)cc1)N(OC(=O)C(F)(F)F)c1ccc(F)cc1. The van der Waals surface area contributed by atoms with Gasteiger partial charge in [-0.15, -0.1) is 5.06 Å². The van der Waals surface area contributed by atoms with Crippen LogP contribution in [0.25, 0.3) is 11.3 Å². The molecule has 4 aromatic rings. The van der Waals surface area contributed by atoms with E-state index in [4.69, 9.17) is 4.74 Å². The van der Waals surface area contributed by atoms with Crippen molar-refractivity contribution in [2.45, 2.75) is 12.8 Å². The Labute approximate surface area is 201 Å². The number of amides is 1. The van der Waals surface area contributed by atoms with E-state index in [0.29, 0.717) is 22.8 Å². The highest BCUT2D eigenvalue weighted by atomic mass is 19.4. The Balaban J connectivity index is 1.50. The number of halogens is 4. The molecule has 1 N–H and O–H groups in total. The van der Waals surface area contributed by atoms with Gasteiger partial charge in [-0.1, -0.05) is 30.3 Å². The second-order valence-electron chi connectivity index (χ2n) is 7.38. The molecule has 11 heteroatoms. The zero-order valence-corrected chi connectivity index (χ0v) is 18.3. The molecule has 7 nitrogen and oxygen atoms in total. The van der Waals surface area contributed by atoms with Gasteiger partial charge in [-0.05, 0) is 54.1 Å². The molecule has 1 amide bonds. The van der Waals surface area contributed by atoms with E-state index >= 15 is 0 Å². The number of hydrogen-bond acceptors (Lipinski definition) is 5. The number of imidazole rings is 1. The smallest absolute Gasteiger partial charge is 0.486 e. The molecule has 0 saturated heterocycles. The van der Waals surface area contributed by atoms with E-state index in [2.05, 4.69) is 14.8 Å². The van der Waals surface area contributed by atoms with Crippen LogP contribution >= 0.6 is 0 Å². The molecule has 0 fully saturated rings. The number of aromatic nitrogens is 2. The maximum Gasteiger partial charge on any atom is 0.493 e. The largest absolute Gasteiger partial charge is 0.493 e. The predicted molar refractivity (Wildman–Crippen MR) is 120 cm³/mol. The Bertz CT molecular complexity index is 1340. The lowest BCUT2D eigenvalue weighted by Gasteiger charge is -2.21. The number of anilines is 1. The molecule has 1 heterocycles. The number of benzene rings is 3. The molecule has 0 aliphatic rings. The molecular formula is C25H17F4N3O4. The summed E-state index contributed by atoms with van der Waals surface area (Å²) < 4.78 is 57.2. The Morgan fingerprint density at radius 3 is 2.22 bits per heavy atom. The molecule has 0 spiro atoms. The second kappa shape index (κ2) is 10.3. The number of aromatic amines is 1. The average molecular weight is 499 g/mol. The Morgan fingerprint density at radius 1 is 0.917 bits per heavy atom. The van der Waals surface area contributed by atoms with Gasteiger partial charge in [0, 0.05) is 5.56 Å². The van der Waals surface area contributed by atoms with Crippen molar-refractivity contribution in [3.8, 4) is 17.0 Å². The van der Waals surface area contributed by atoms with Crippen molar-refractivity contribution in [2.24, 2.45) is 0 Å².